The number of halogens is 2. The van der Waals surface area contributed by atoms with Crippen LogP contribution in [0, 0.1) is 0 Å². The molecule has 0 aliphatic heterocycles. The first-order valence-corrected chi connectivity index (χ1v) is 2.79. The maximum atomic E-state index is 5.60. The van der Waals surface area contributed by atoms with Crippen molar-refractivity contribution in [3.8, 4) is 0 Å². The summed E-state index contributed by atoms with van der Waals surface area (Å²) in [5.74, 6) is 0. The van der Waals surface area contributed by atoms with Crippen LogP contribution in [0.1, 0.15) is 12.8 Å². The Morgan fingerprint density at radius 3 is 2.50 bits per heavy atom. The molecule has 0 aromatic carbocycles. The van der Waals surface area contributed by atoms with Crippen molar-refractivity contribution in [1.29, 1.82) is 0 Å². The minimum atomic E-state index is 0. The molecule has 8 heavy (non-hydrogen) atoms. The van der Waals surface area contributed by atoms with Crippen LogP contribution in [0.5, 0.6) is 0 Å². The van der Waals surface area contributed by atoms with Crippen LogP contribution >= 0.6 is 24.0 Å². The fourth-order valence-electron chi connectivity index (χ4n) is 0.690. The molecule has 0 fully saturated rings. The van der Waals surface area contributed by atoms with Crippen LogP contribution < -0.4 is 5.73 Å². The number of nitrogens with two attached hydrogens (primary N) is 1. The lowest BCUT2D eigenvalue weighted by Crippen LogP contribution is -2.15. The third-order valence-electron chi connectivity index (χ3n) is 1.17. The van der Waals surface area contributed by atoms with Gasteiger partial charge in [-0.2, -0.15) is 0 Å². The van der Waals surface area contributed by atoms with Crippen molar-refractivity contribution in [3.05, 3.63) is 11.1 Å². The first kappa shape index (κ1) is 8.28. The maximum Gasteiger partial charge on any atom is 0.0403 e. The summed E-state index contributed by atoms with van der Waals surface area (Å²) in [6.07, 6.45) is 4.06. The molecule has 0 radical (unpaired) electrons. The summed E-state index contributed by atoms with van der Waals surface area (Å²) in [5, 5.41) is 0.833. The van der Waals surface area contributed by atoms with Gasteiger partial charge >= 0.3 is 0 Å². The van der Waals surface area contributed by atoms with E-state index in [0.717, 1.165) is 17.9 Å². The summed E-state index contributed by atoms with van der Waals surface area (Å²) >= 11 is 5.60. The summed E-state index contributed by atoms with van der Waals surface area (Å²) in [5.41, 5.74) is 5.48. The summed E-state index contributed by atoms with van der Waals surface area (Å²) in [7, 11) is 0. The van der Waals surface area contributed by atoms with Crippen LogP contribution in [0.4, 0.5) is 0 Å². The van der Waals surface area contributed by atoms with Crippen molar-refractivity contribution < 1.29 is 0 Å². The van der Waals surface area contributed by atoms with Gasteiger partial charge in [0.15, 0.2) is 0 Å². The fourth-order valence-corrected chi connectivity index (χ4v) is 0.908. The Morgan fingerprint density at radius 1 is 1.75 bits per heavy atom. The zero-order valence-electron chi connectivity index (χ0n) is 4.43. The zero-order valence-corrected chi connectivity index (χ0v) is 6.00. The molecule has 0 amide bonds. The standard InChI is InChI=1S/C5H8ClN.ClH/c6-4-2-1-3-5(4)7;/h2,5H,1,3,7H2;1H/t5-;/m0./s1. The molecule has 3 heteroatoms. The molecular formula is C5H9Cl2N. The highest BCUT2D eigenvalue weighted by atomic mass is 35.5. The number of rotatable bonds is 0. The maximum absolute atomic E-state index is 5.60. The van der Waals surface area contributed by atoms with E-state index in [9.17, 15) is 0 Å². The molecule has 0 saturated carbocycles. The molecule has 0 heterocycles. The van der Waals surface area contributed by atoms with E-state index < -0.39 is 0 Å². The van der Waals surface area contributed by atoms with Gasteiger partial charge in [0.2, 0.25) is 0 Å². The lowest BCUT2D eigenvalue weighted by atomic mass is 10.3. The highest BCUT2D eigenvalue weighted by molar-refractivity contribution is 6.30. The van der Waals surface area contributed by atoms with Gasteiger partial charge in [-0.3, -0.25) is 0 Å². The van der Waals surface area contributed by atoms with Crippen molar-refractivity contribution in [2.45, 2.75) is 18.9 Å². The average Bonchev–Trinajstić information content (AvgIpc) is 1.91. The Labute approximate surface area is 60.3 Å². The topological polar surface area (TPSA) is 26.0 Å². The van der Waals surface area contributed by atoms with Crippen molar-refractivity contribution >= 4 is 24.0 Å². The van der Waals surface area contributed by atoms with Crippen LogP contribution in [0.15, 0.2) is 11.1 Å². The van der Waals surface area contributed by atoms with Crippen molar-refractivity contribution in [3.63, 3.8) is 0 Å². The number of hydrogen-bond donors (Lipinski definition) is 1. The van der Waals surface area contributed by atoms with E-state index in [1.54, 1.807) is 0 Å². The van der Waals surface area contributed by atoms with Crippen LogP contribution in [-0.4, -0.2) is 6.04 Å². The van der Waals surface area contributed by atoms with Gasteiger partial charge in [-0.25, -0.2) is 0 Å². The van der Waals surface area contributed by atoms with Gasteiger partial charge < -0.3 is 5.73 Å². The van der Waals surface area contributed by atoms with E-state index in [0.29, 0.717) is 0 Å². The quantitative estimate of drug-likeness (QED) is 0.564. The normalized spacial score (nSPS) is 26.8. The Kier molecular flexibility index (Phi) is 3.45. The lowest BCUT2D eigenvalue weighted by Gasteiger charge is -1.97. The number of allylic oxidation sites excluding steroid dienone is 1. The van der Waals surface area contributed by atoms with Gasteiger partial charge in [0.25, 0.3) is 0 Å². The summed E-state index contributed by atoms with van der Waals surface area (Å²) < 4.78 is 0. The first-order valence-electron chi connectivity index (χ1n) is 2.42. The van der Waals surface area contributed by atoms with Crippen molar-refractivity contribution in [1.82, 2.24) is 0 Å². The van der Waals surface area contributed by atoms with Crippen LogP contribution in [-0.2, 0) is 0 Å². The van der Waals surface area contributed by atoms with Gasteiger partial charge in [-0.05, 0) is 12.8 Å². The van der Waals surface area contributed by atoms with Crippen molar-refractivity contribution in [2.24, 2.45) is 5.73 Å². The fraction of sp³-hybridized carbons (Fsp3) is 0.600. The van der Waals surface area contributed by atoms with E-state index in [2.05, 4.69) is 0 Å². The molecule has 0 aromatic heterocycles. The van der Waals surface area contributed by atoms with Gasteiger partial charge in [-0.15, -0.1) is 12.4 Å². The van der Waals surface area contributed by atoms with E-state index in [4.69, 9.17) is 17.3 Å². The van der Waals surface area contributed by atoms with Gasteiger partial charge in [-0.1, -0.05) is 17.7 Å². The highest BCUT2D eigenvalue weighted by Gasteiger charge is 2.10. The minimum absolute atomic E-state index is 0. The van der Waals surface area contributed by atoms with Gasteiger partial charge in [0.1, 0.15) is 0 Å². The van der Waals surface area contributed by atoms with E-state index in [1.165, 1.54) is 0 Å². The average molecular weight is 154 g/mol. The minimum Gasteiger partial charge on any atom is -0.323 e. The Bertz CT molecular complexity index is 101. The first-order chi connectivity index (χ1) is 3.30. The summed E-state index contributed by atoms with van der Waals surface area (Å²) in [6.45, 7) is 0. The molecule has 1 nitrogen and oxygen atoms in total. The molecule has 1 atom stereocenters. The molecular weight excluding hydrogens is 145 g/mol. The molecule has 1 rings (SSSR count). The predicted molar refractivity (Wildman–Crippen MR) is 38.4 cm³/mol. The Morgan fingerprint density at radius 2 is 2.38 bits per heavy atom. The lowest BCUT2D eigenvalue weighted by molar-refractivity contribution is 0.772. The van der Waals surface area contributed by atoms with E-state index in [-0.39, 0.29) is 18.4 Å². The van der Waals surface area contributed by atoms with Crippen LogP contribution in [0.2, 0.25) is 0 Å². The summed E-state index contributed by atoms with van der Waals surface area (Å²) in [4.78, 5) is 0. The smallest absolute Gasteiger partial charge is 0.0403 e. The molecule has 0 saturated heterocycles. The molecule has 0 spiro atoms. The van der Waals surface area contributed by atoms with Gasteiger partial charge in [0, 0.05) is 11.1 Å². The Hall–Kier alpha value is 0.280. The highest BCUT2D eigenvalue weighted by Crippen LogP contribution is 2.19. The molecule has 2 N–H and O–H groups in total. The Balaban J connectivity index is 0.000000490. The predicted octanol–water partition coefficient (Wildman–Crippen LogP) is 1.65. The van der Waals surface area contributed by atoms with Crippen LogP contribution in [0.3, 0.4) is 0 Å². The third kappa shape index (κ3) is 1.66. The molecule has 48 valence electrons. The molecule has 0 unspecified atom stereocenters. The summed E-state index contributed by atoms with van der Waals surface area (Å²) in [6, 6.07) is 0.140. The molecule has 1 aliphatic carbocycles. The van der Waals surface area contributed by atoms with E-state index in [1.807, 2.05) is 6.08 Å². The third-order valence-corrected chi connectivity index (χ3v) is 1.61. The largest absolute Gasteiger partial charge is 0.323 e. The SMILES string of the molecule is Cl.N[C@H]1CCC=C1Cl. The molecule has 0 aromatic rings. The second-order valence-electron chi connectivity index (χ2n) is 1.77. The second-order valence-corrected chi connectivity index (χ2v) is 2.21. The van der Waals surface area contributed by atoms with Crippen LogP contribution in [0.25, 0.3) is 0 Å². The monoisotopic (exact) mass is 153 g/mol. The van der Waals surface area contributed by atoms with Crippen molar-refractivity contribution in [2.75, 3.05) is 0 Å². The number of hydrogen-bond acceptors (Lipinski definition) is 1. The zero-order chi connectivity index (χ0) is 5.28. The van der Waals surface area contributed by atoms with Gasteiger partial charge in [0.05, 0.1) is 0 Å². The second kappa shape index (κ2) is 3.33. The molecule has 1 aliphatic rings. The molecule has 0 bridgehead atoms. The van der Waals surface area contributed by atoms with E-state index >= 15 is 0 Å².